The molecular weight excluding hydrogens is 340 g/mol. The van der Waals surface area contributed by atoms with Gasteiger partial charge in [-0.2, -0.15) is 0 Å². The van der Waals surface area contributed by atoms with Gasteiger partial charge in [-0.25, -0.2) is 9.69 Å². The van der Waals surface area contributed by atoms with E-state index < -0.39 is 11.7 Å². The van der Waals surface area contributed by atoms with Crippen LogP contribution in [0.5, 0.6) is 0 Å². The molecular formula is C22H32N2O3. The van der Waals surface area contributed by atoms with Gasteiger partial charge in [0.15, 0.2) is 0 Å². The van der Waals surface area contributed by atoms with Gasteiger partial charge in [0.1, 0.15) is 5.60 Å². The van der Waals surface area contributed by atoms with Crippen LogP contribution in [0.3, 0.4) is 0 Å². The van der Waals surface area contributed by atoms with E-state index in [9.17, 15) is 9.59 Å². The van der Waals surface area contributed by atoms with E-state index in [4.69, 9.17) is 4.74 Å². The van der Waals surface area contributed by atoms with Gasteiger partial charge in [0.05, 0.1) is 0 Å². The van der Waals surface area contributed by atoms with Crippen LogP contribution in [0.4, 0.5) is 4.79 Å². The standard InChI is InChI=1S/C22H32N2O3/c1-20(2,3)27-19(26)24-16-21(15-18(24)25)11-13-22(14-12-21,23(4)5)17-9-7-6-8-10-17/h6-10H,11-16H2,1-5H3/t21-,22+. The number of carbonyl (C=O) groups excluding carboxylic acids is 2. The summed E-state index contributed by atoms with van der Waals surface area (Å²) in [6.07, 6.45) is 3.79. The molecule has 2 aliphatic rings. The Balaban J connectivity index is 1.75. The van der Waals surface area contributed by atoms with Crippen molar-refractivity contribution in [3.8, 4) is 0 Å². The first kappa shape index (κ1) is 19.9. The van der Waals surface area contributed by atoms with Gasteiger partial charge < -0.3 is 4.74 Å². The van der Waals surface area contributed by atoms with Crippen molar-refractivity contribution in [2.24, 2.45) is 5.41 Å². The third kappa shape index (κ3) is 3.88. The maximum absolute atomic E-state index is 12.6. The molecule has 5 heteroatoms. The molecule has 1 saturated heterocycles. The van der Waals surface area contributed by atoms with Gasteiger partial charge in [-0.15, -0.1) is 0 Å². The lowest BCUT2D eigenvalue weighted by molar-refractivity contribution is -0.127. The molecule has 1 heterocycles. The fourth-order valence-electron chi connectivity index (χ4n) is 4.65. The van der Waals surface area contributed by atoms with Crippen molar-refractivity contribution < 1.29 is 14.3 Å². The molecule has 0 bridgehead atoms. The molecule has 1 saturated carbocycles. The van der Waals surface area contributed by atoms with E-state index in [-0.39, 0.29) is 16.9 Å². The SMILES string of the molecule is CN(C)[C@]1(c2ccccc2)CC[C@]2(CC1)CC(=O)N(C(=O)OC(C)(C)C)C2. The number of hydrogen-bond donors (Lipinski definition) is 0. The molecule has 2 fully saturated rings. The Morgan fingerprint density at radius 1 is 1.07 bits per heavy atom. The van der Waals surface area contributed by atoms with Crippen molar-refractivity contribution in [2.45, 2.75) is 64.0 Å². The average molecular weight is 373 g/mol. The normalized spacial score (nSPS) is 28.8. The van der Waals surface area contributed by atoms with Crippen molar-refractivity contribution in [3.05, 3.63) is 35.9 Å². The molecule has 0 unspecified atom stereocenters. The highest BCUT2D eigenvalue weighted by atomic mass is 16.6. The molecule has 0 aromatic heterocycles. The van der Waals surface area contributed by atoms with Gasteiger partial charge >= 0.3 is 6.09 Å². The first-order valence-electron chi connectivity index (χ1n) is 9.83. The Kier molecular flexibility index (Phi) is 5.10. The number of amides is 2. The van der Waals surface area contributed by atoms with E-state index in [2.05, 4.69) is 43.3 Å². The van der Waals surface area contributed by atoms with E-state index >= 15 is 0 Å². The van der Waals surface area contributed by atoms with Crippen molar-refractivity contribution in [2.75, 3.05) is 20.6 Å². The molecule has 1 spiro atoms. The molecule has 5 nitrogen and oxygen atoms in total. The van der Waals surface area contributed by atoms with Crippen LogP contribution in [-0.2, 0) is 15.1 Å². The lowest BCUT2D eigenvalue weighted by Crippen LogP contribution is -2.47. The number of carbonyl (C=O) groups is 2. The molecule has 0 N–H and O–H groups in total. The highest BCUT2D eigenvalue weighted by Crippen LogP contribution is 2.52. The highest BCUT2D eigenvalue weighted by Gasteiger charge is 2.52. The van der Waals surface area contributed by atoms with Crippen LogP contribution in [0, 0.1) is 5.41 Å². The summed E-state index contributed by atoms with van der Waals surface area (Å²) in [4.78, 5) is 28.6. The van der Waals surface area contributed by atoms with Crippen molar-refractivity contribution >= 4 is 12.0 Å². The lowest BCUT2D eigenvalue weighted by atomic mass is 9.64. The van der Waals surface area contributed by atoms with Gasteiger partial charge in [0.2, 0.25) is 5.91 Å². The number of imide groups is 1. The molecule has 1 aliphatic heterocycles. The van der Waals surface area contributed by atoms with Gasteiger partial charge in [-0.1, -0.05) is 30.3 Å². The summed E-state index contributed by atoms with van der Waals surface area (Å²) in [5.41, 5.74) is 0.628. The molecule has 3 rings (SSSR count). The Morgan fingerprint density at radius 3 is 2.19 bits per heavy atom. The van der Waals surface area contributed by atoms with Crippen LogP contribution < -0.4 is 0 Å². The number of benzene rings is 1. The molecule has 1 aliphatic carbocycles. The first-order chi connectivity index (χ1) is 12.6. The first-order valence-corrected chi connectivity index (χ1v) is 9.83. The monoisotopic (exact) mass is 372 g/mol. The van der Waals surface area contributed by atoms with Crippen LogP contribution in [0.15, 0.2) is 30.3 Å². The fraction of sp³-hybridized carbons (Fsp3) is 0.636. The van der Waals surface area contributed by atoms with Crippen LogP contribution >= 0.6 is 0 Å². The quantitative estimate of drug-likeness (QED) is 0.782. The van der Waals surface area contributed by atoms with Crippen molar-refractivity contribution in [3.63, 3.8) is 0 Å². The van der Waals surface area contributed by atoms with Crippen LogP contribution in [-0.4, -0.2) is 48.0 Å². The fourth-order valence-corrected chi connectivity index (χ4v) is 4.65. The second-order valence-corrected chi connectivity index (χ2v) is 9.43. The predicted molar refractivity (Wildman–Crippen MR) is 105 cm³/mol. The lowest BCUT2D eigenvalue weighted by Gasteiger charge is -2.48. The van der Waals surface area contributed by atoms with E-state index in [0.717, 1.165) is 25.7 Å². The summed E-state index contributed by atoms with van der Waals surface area (Å²) >= 11 is 0. The number of nitrogens with zero attached hydrogens (tertiary/aromatic N) is 2. The Hall–Kier alpha value is -1.88. The van der Waals surface area contributed by atoms with Gasteiger partial charge in [0.25, 0.3) is 0 Å². The third-order valence-electron chi connectivity index (χ3n) is 6.24. The second kappa shape index (κ2) is 6.93. The van der Waals surface area contributed by atoms with Crippen LogP contribution in [0.25, 0.3) is 0 Å². The van der Waals surface area contributed by atoms with Crippen molar-refractivity contribution in [1.29, 1.82) is 0 Å². The smallest absolute Gasteiger partial charge is 0.417 e. The van der Waals surface area contributed by atoms with Gasteiger partial charge in [0, 0.05) is 18.5 Å². The Morgan fingerprint density at radius 2 is 1.67 bits per heavy atom. The van der Waals surface area contributed by atoms with E-state index in [1.54, 1.807) is 0 Å². The summed E-state index contributed by atoms with van der Waals surface area (Å²) < 4.78 is 5.43. The van der Waals surface area contributed by atoms with E-state index in [1.807, 2.05) is 26.8 Å². The zero-order chi connectivity index (χ0) is 19.9. The average Bonchev–Trinajstić information content (AvgIpc) is 2.91. The molecule has 1 aromatic rings. The number of ether oxygens (including phenoxy) is 1. The number of likely N-dealkylation sites (tertiary alicyclic amines) is 1. The summed E-state index contributed by atoms with van der Waals surface area (Å²) in [5, 5.41) is 0. The maximum Gasteiger partial charge on any atom is 0.417 e. The zero-order valence-corrected chi connectivity index (χ0v) is 17.2. The molecule has 1 aromatic carbocycles. The minimum Gasteiger partial charge on any atom is -0.443 e. The Bertz CT molecular complexity index is 698. The molecule has 148 valence electrons. The van der Waals surface area contributed by atoms with Crippen molar-refractivity contribution in [1.82, 2.24) is 9.80 Å². The summed E-state index contributed by atoms with van der Waals surface area (Å²) in [7, 11) is 4.27. The minimum atomic E-state index is -0.590. The minimum absolute atomic E-state index is 0.00506. The third-order valence-corrected chi connectivity index (χ3v) is 6.24. The number of rotatable bonds is 2. The van der Waals surface area contributed by atoms with Gasteiger partial charge in [-0.3, -0.25) is 9.69 Å². The summed E-state index contributed by atoms with van der Waals surface area (Å²) in [5.74, 6) is -0.0960. The molecule has 2 amide bonds. The highest BCUT2D eigenvalue weighted by molar-refractivity contribution is 5.94. The largest absolute Gasteiger partial charge is 0.443 e. The van der Waals surface area contributed by atoms with Gasteiger partial charge in [-0.05, 0) is 71.5 Å². The zero-order valence-electron chi connectivity index (χ0n) is 17.2. The van der Waals surface area contributed by atoms with Crippen LogP contribution in [0.1, 0.15) is 58.4 Å². The maximum atomic E-state index is 12.6. The number of hydrogen-bond acceptors (Lipinski definition) is 4. The van der Waals surface area contributed by atoms with E-state index in [1.165, 1.54) is 10.5 Å². The van der Waals surface area contributed by atoms with E-state index in [0.29, 0.717) is 13.0 Å². The topological polar surface area (TPSA) is 49.9 Å². The summed E-state index contributed by atoms with van der Waals surface area (Å²) in [6, 6.07) is 10.6. The molecule has 0 radical (unpaired) electrons. The summed E-state index contributed by atoms with van der Waals surface area (Å²) in [6.45, 7) is 5.96. The Labute approximate surface area is 162 Å². The van der Waals surface area contributed by atoms with Crippen LogP contribution in [0.2, 0.25) is 0 Å². The molecule has 0 atom stereocenters. The second-order valence-electron chi connectivity index (χ2n) is 9.43. The predicted octanol–water partition coefficient (Wildman–Crippen LogP) is 4.17. The molecule has 27 heavy (non-hydrogen) atoms.